The summed E-state index contributed by atoms with van der Waals surface area (Å²) in [6, 6.07) is 6.84. The van der Waals surface area contributed by atoms with Gasteiger partial charge in [0.1, 0.15) is 6.26 Å². The standard InChI is InChI=1S/C19H22N2O6/c1-3-10-25-15-7-5-14(12-16(15)24-4-2)6-8-19(23)26-13-18(22)20-17-9-11-27-21-17/h5-9,11-12H,3-4,10,13H2,1-2H3,(H,20,21,22)/b8-6+. The number of carbonyl (C=O) groups is 2. The first-order valence-corrected chi connectivity index (χ1v) is 8.57. The smallest absolute Gasteiger partial charge is 0.331 e. The second kappa shape index (κ2) is 10.6. The summed E-state index contributed by atoms with van der Waals surface area (Å²) in [6.07, 6.45) is 5.02. The number of anilines is 1. The van der Waals surface area contributed by atoms with Crippen LogP contribution < -0.4 is 14.8 Å². The molecular formula is C19H22N2O6. The molecule has 8 nitrogen and oxygen atoms in total. The number of rotatable bonds is 10. The first-order valence-electron chi connectivity index (χ1n) is 8.57. The number of nitrogens with one attached hydrogen (secondary N) is 1. The van der Waals surface area contributed by atoms with Crippen LogP contribution in [0.2, 0.25) is 0 Å². The lowest BCUT2D eigenvalue weighted by atomic mass is 10.2. The van der Waals surface area contributed by atoms with E-state index in [0.29, 0.717) is 24.7 Å². The largest absolute Gasteiger partial charge is 0.490 e. The molecule has 2 rings (SSSR count). The van der Waals surface area contributed by atoms with E-state index < -0.39 is 18.5 Å². The van der Waals surface area contributed by atoms with Crippen molar-refractivity contribution in [2.45, 2.75) is 20.3 Å². The number of amides is 1. The normalized spacial score (nSPS) is 10.6. The maximum absolute atomic E-state index is 11.8. The monoisotopic (exact) mass is 374 g/mol. The molecule has 0 spiro atoms. The zero-order valence-corrected chi connectivity index (χ0v) is 15.3. The van der Waals surface area contributed by atoms with Crippen LogP contribution >= 0.6 is 0 Å². The molecule has 144 valence electrons. The second-order valence-corrected chi connectivity index (χ2v) is 5.36. The van der Waals surface area contributed by atoms with Crippen LogP contribution in [0.4, 0.5) is 5.82 Å². The van der Waals surface area contributed by atoms with E-state index in [1.165, 1.54) is 18.4 Å². The van der Waals surface area contributed by atoms with Crippen LogP contribution in [0.25, 0.3) is 6.08 Å². The Morgan fingerprint density at radius 2 is 2.04 bits per heavy atom. The maximum Gasteiger partial charge on any atom is 0.331 e. The number of benzene rings is 1. The van der Waals surface area contributed by atoms with Crippen molar-refractivity contribution in [3.63, 3.8) is 0 Å². The van der Waals surface area contributed by atoms with E-state index in [4.69, 9.17) is 14.2 Å². The lowest BCUT2D eigenvalue weighted by Gasteiger charge is -2.12. The number of hydrogen-bond acceptors (Lipinski definition) is 7. The number of nitrogens with zero attached hydrogens (tertiary/aromatic N) is 1. The fraction of sp³-hybridized carbons (Fsp3) is 0.316. The lowest BCUT2D eigenvalue weighted by Crippen LogP contribution is -2.20. The highest BCUT2D eigenvalue weighted by Crippen LogP contribution is 2.29. The van der Waals surface area contributed by atoms with Crippen molar-refractivity contribution in [2.24, 2.45) is 0 Å². The molecule has 0 aliphatic heterocycles. The average molecular weight is 374 g/mol. The van der Waals surface area contributed by atoms with E-state index in [-0.39, 0.29) is 5.82 Å². The molecule has 8 heteroatoms. The van der Waals surface area contributed by atoms with Crippen molar-refractivity contribution in [2.75, 3.05) is 25.1 Å². The van der Waals surface area contributed by atoms with Crippen LogP contribution in [-0.4, -0.2) is 36.9 Å². The highest BCUT2D eigenvalue weighted by Gasteiger charge is 2.08. The van der Waals surface area contributed by atoms with Crippen LogP contribution in [0.15, 0.2) is 41.1 Å². The Balaban J connectivity index is 1.88. The molecule has 1 amide bonds. The summed E-state index contributed by atoms with van der Waals surface area (Å²) in [5, 5.41) is 5.94. The Bertz CT molecular complexity index is 771. The van der Waals surface area contributed by atoms with Crippen LogP contribution in [0.5, 0.6) is 11.5 Å². The topological polar surface area (TPSA) is 99.9 Å². The summed E-state index contributed by atoms with van der Waals surface area (Å²) < 4.78 is 20.7. The quantitative estimate of drug-likeness (QED) is 0.504. The maximum atomic E-state index is 11.8. The van der Waals surface area contributed by atoms with Gasteiger partial charge >= 0.3 is 5.97 Å². The van der Waals surface area contributed by atoms with Gasteiger partial charge in [-0.15, -0.1) is 0 Å². The Kier molecular flexibility index (Phi) is 7.90. The molecule has 0 aliphatic rings. The predicted octanol–water partition coefficient (Wildman–Crippen LogP) is 3.06. The zero-order chi connectivity index (χ0) is 19.5. The molecule has 1 heterocycles. The minimum absolute atomic E-state index is 0.250. The van der Waals surface area contributed by atoms with Crippen molar-refractivity contribution < 1.29 is 28.3 Å². The molecule has 0 saturated heterocycles. The molecule has 0 bridgehead atoms. The molecule has 1 aromatic carbocycles. The molecule has 2 aromatic rings. The Hall–Kier alpha value is -3.29. The van der Waals surface area contributed by atoms with Crippen molar-refractivity contribution in [3.05, 3.63) is 42.2 Å². The van der Waals surface area contributed by atoms with E-state index in [2.05, 4.69) is 15.0 Å². The molecule has 27 heavy (non-hydrogen) atoms. The number of aromatic nitrogens is 1. The molecule has 0 unspecified atom stereocenters. The van der Waals surface area contributed by atoms with Gasteiger partial charge in [-0.2, -0.15) is 0 Å². The SMILES string of the molecule is CCCOc1ccc(/C=C/C(=O)OCC(=O)Nc2ccon2)cc1OCC. The number of carbonyl (C=O) groups excluding carboxylic acids is 2. The highest BCUT2D eigenvalue weighted by atomic mass is 16.5. The van der Waals surface area contributed by atoms with Gasteiger partial charge in [-0.25, -0.2) is 4.79 Å². The zero-order valence-electron chi connectivity index (χ0n) is 15.3. The summed E-state index contributed by atoms with van der Waals surface area (Å²) >= 11 is 0. The summed E-state index contributed by atoms with van der Waals surface area (Å²) in [4.78, 5) is 23.4. The molecule has 0 fully saturated rings. The molecule has 0 atom stereocenters. The van der Waals surface area contributed by atoms with E-state index in [1.807, 2.05) is 13.8 Å². The molecular weight excluding hydrogens is 352 g/mol. The van der Waals surface area contributed by atoms with Crippen LogP contribution in [-0.2, 0) is 14.3 Å². The third kappa shape index (κ3) is 6.85. The Labute approximate surface area is 157 Å². The fourth-order valence-electron chi connectivity index (χ4n) is 2.03. The van der Waals surface area contributed by atoms with E-state index in [1.54, 1.807) is 24.3 Å². The Morgan fingerprint density at radius 1 is 1.19 bits per heavy atom. The van der Waals surface area contributed by atoms with Gasteiger partial charge in [-0.3, -0.25) is 4.79 Å². The molecule has 1 N–H and O–H groups in total. The van der Waals surface area contributed by atoms with Crippen LogP contribution in [0.1, 0.15) is 25.8 Å². The first kappa shape index (κ1) is 20.0. The second-order valence-electron chi connectivity index (χ2n) is 5.36. The number of esters is 1. The summed E-state index contributed by atoms with van der Waals surface area (Å²) in [6.45, 7) is 4.57. The van der Waals surface area contributed by atoms with E-state index in [0.717, 1.165) is 12.0 Å². The van der Waals surface area contributed by atoms with Gasteiger partial charge in [0, 0.05) is 12.1 Å². The summed E-state index contributed by atoms with van der Waals surface area (Å²) in [5.74, 6) is 0.355. The number of hydrogen-bond donors (Lipinski definition) is 1. The molecule has 1 aromatic heterocycles. The third-order valence-corrected chi connectivity index (χ3v) is 3.19. The minimum atomic E-state index is -0.644. The lowest BCUT2D eigenvalue weighted by molar-refractivity contribution is -0.142. The Morgan fingerprint density at radius 3 is 2.74 bits per heavy atom. The number of ether oxygens (including phenoxy) is 3. The van der Waals surface area contributed by atoms with E-state index >= 15 is 0 Å². The highest BCUT2D eigenvalue weighted by molar-refractivity contribution is 5.94. The molecule has 0 aliphatic carbocycles. The predicted molar refractivity (Wildman–Crippen MR) is 98.5 cm³/mol. The van der Waals surface area contributed by atoms with Gasteiger partial charge in [0.15, 0.2) is 23.9 Å². The van der Waals surface area contributed by atoms with Crippen LogP contribution in [0, 0.1) is 0 Å². The van der Waals surface area contributed by atoms with Gasteiger partial charge in [-0.05, 0) is 37.1 Å². The summed E-state index contributed by atoms with van der Waals surface area (Å²) in [7, 11) is 0. The van der Waals surface area contributed by atoms with Gasteiger partial charge in [0.05, 0.1) is 13.2 Å². The molecule has 0 saturated carbocycles. The summed E-state index contributed by atoms with van der Waals surface area (Å²) in [5.41, 5.74) is 0.742. The van der Waals surface area contributed by atoms with Crippen molar-refractivity contribution in [1.82, 2.24) is 5.16 Å². The van der Waals surface area contributed by atoms with Crippen molar-refractivity contribution in [3.8, 4) is 11.5 Å². The van der Waals surface area contributed by atoms with Crippen molar-refractivity contribution in [1.29, 1.82) is 0 Å². The van der Waals surface area contributed by atoms with Crippen LogP contribution in [0.3, 0.4) is 0 Å². The van der Waals surface area contributed by atoms with Gasteiger partial charge < -0.3 is 24.1 Å². The third-order valence-electron chi connectivity index (χ3n) is 3.19. The van der Waals surface area contributed by atoms with Crippen molar-refractivity contribution >= 4 is 23.8 Å². The van der Waals surface area contributed by atoms with Gasteiger partial charge in [-0.1, -0.05) is 18.1 Å². The van der Waals surface area contributed by atoms with E-state index in [9.17, 15) is 9.59 Å². The van der Waals surface area contributed by atoms with Gasteiger partial charge in [0.2, 0.25) is 0 Å². The average Bonchev–Trinajstić information content (AvgIpc) is 3.17. The minimum Gasteiger partial charge on any atom is -0.490 e. The fourth-order valence-corrected chi connectivity index (χ4v) is 2.03. The first-order chi connectivity index (χ1) is 13.1. The van der Waals surface area contributed by atoms with Gasteiger partial charge in [0.25, 0.3) is 5.91 Å². The molecule has 0 radical (unpaired) electrons.